The predicted molar refractivity (Wildman–Crippen MR) is 47.7 cm³/mol. The van der Waals surface area contributed by atoms with Crippen LogP contribution in [0.3, 0.4) is 0 Å². The molecule has 14 heavy (non-hydrogen) atoms. The van der Waals surface area contributed by atoms with E-state index >= 15 is 0 Å². The van der Waals surface area contributed by atoms with Crippen LogP contribution < -0.4 is 4.74 Å². The molecule has 1 aromatic carbocycles. The number of hydrogen-bond donors (Lipinski definition) is 0. The third kappa shape index (κ3) is 1.72. The Morgan fingerprint density at radius 3 is 2.64 bits per heavy atom. The van der Waals surface area contributed by atoms with E-state index < -0.39 is 5.82 Å². The molecular formula is C10H8FNO2. The Morgan fingerprint density at radius 2 is 2.21 bits per heavy atom. The average molecular weight is 193 g/mol. The van der Waals surface area contributed by atoms with E-state index in [2.05, 4.69) is 0 Å². The Kier molecular flexibility index (Phi) is 2.82. The van der Waals surface area contributed by atoms with E-state index in [-0.39, 0.29) is 22.7 Å². The number of halogens is 1. The molecule has 0 aromatic heterocycles. The Labute approximate surface area is 80.7 Å². The molecule has 0 spiro atoms. The van der Waals surface area contributed by atoms with Gasteiger partial charge in [0.1, 0.15) is 17.6 Å². The molecule has 72 valence electrons. The van der Waals surface area contributed by atoms with Gasteiger partial charge in [0.05, 0.1) is 18.2 Å². The number of Topliss-reactive ketones (excluding diaryl/α,β-unsaturated/α-hetero) is 1. The van der Waals surface area contributed by atoms with Crippen LogP contribution in [0, 0.1) is 17.1 Å². The molecule has 0 aliphatic rings. The van der Waals surface area contributed by atoms with E-state index in [1.807, 2.05) is 0 Å². The van der Waals surface area contributed by atoms with E-state index in [0.717, 1.165) is 12.1 Å². The molecule has 0 N–H and O–H groups in total. The lowest BCUT2D eigenvalue weighted by molar-refractivity contribution is 0.101. The Morgan fingerprint density at radius 1 is 1.57 bits per heavy atom. The maximum atomic E-state index is 12.9. The topological polar surface area (TPSA) is 50.1 Å². The summed E-state index contributed by atoms with van der Waals surface area (Å²) in [5.41, 5.74) is 0.113. The largest absolute Gasteiger partial charge is 0.495 e. The normalized spacial score (nSPS) is 9.29. The van der Waals surface area contributed by atoms with Crippen LogP contribution in [0.15, 0.2) is 12.1 Å². The van der Waals surface area contributed by atoms with Crippen molar-refractivity contribution in [2.45, 2.75) is 6.92 Å². The number of hydrogen-bond acceptors (Lipinski definition) is 3. The number of rotatable bonds is 2. The van der Waals surface area contributed by atoms with Gasteiger partial charge in [0, 0.05) is 0 Å². The molecule has 0 radical (unpaired) electrons. The van der Waals surface area contributed by atoms with Crippen LogP contribution in [0.5, 0.6) is 5.75 Å². The Hall–Kier alpha value is -1.89. The van der Waals surface area contributed by atoms with Crippen molar-refractivity contribution >= 4 is 5.78 Å². The molecule has 3 nitrogen and oxygen atoms in total. The SMILES string of the molecule is COc1c(C#N)cc(F)cc1C(C)=O. The number of ketones is 1. The van der Waals surface area contributed by atoms with E-state index in [9.17, 15) is 9.18 Å². The molecule has 1 aromatic rings. The molecule has 0 atom stereocenters. The molecule has 0 aliphatic carbocycles. The molecule has 4 heteroatoms. The molecule has 1 rings (SSSR count). The summed E-state index contributed by atoms with van der Waals surface area (Å²) in [6, 6.07) is 3.86. The quantitative estimate of drug-likeness (QED) is 0.674. The summed E-state index contributed by atoms with van der Waals surface area (Å²) >= 11 is 0. The Balaban J connectivity index is 3.49. The minimum atomic E-state index is -0.618. The van der Waals surface area contributed by atoms with Crippen molar-refractivity contribution in [3.8, 4) is 11.8 Å². The minimum absolute atomic E-state index is 0.0256. The summed E-state index contributed by atoms with van der Waals surface area (Å²) in [5, 5.41) is 8.67. The maximum Gasteiger partial charge on any atom is 0.163 e. The first-order valence-electron chi connectivity index (χ1n) is 3.88. The molecular weight excluding hydrogens is 185 g/mol. The first kappa shape index (κ1) is 10.2. The van der Waals surface area contributed by atoms with Crippen LogP contribution in [-0.4, -0.2) is 12.9 Å². The summed E-state index contributed by atoms with van der Waals surface area (Å²) in [6.45, 7) is 1.29. The molecule has 0 saturated carbocycles. The smallest absolute Gasteiger partial charge is 0.163 e. The van der Waals surface area contributed by atoms with Gasteiger partial charge in [0.2, 0.25) is 0 Å². The van der Waals surface area contributed by atoms with Crippen molar-refractivity contribution in [3.05, 3.63) is 29.1 Å². The summed E-state index contributed by atoms with van der Waals surface area (Å²) in [6.07, 6.45) is 0. The number of carbonyl (C=O) groups is 1. The van der Waals surface area contributed by atoms with Gasteiger partial charge in [0.15, 0.2) is 5.78 Å². The fourth-order valence-electron chi connectivity index (χ4n) is 1.16. The maximum absolute atomic E-state index is 12.9. The monoisotopic (exact) mass is 193 g/mol. The predicted octanol–water partition coefficient (Wildman–Crippen LogP) is 1.91. The van der Waals surface area contributed by atoms with Gasteiger partial charge >= 0.3 is 0 Å². The zero-order chi connectivity index (χ0) is 10.7. The minimum Gasteiger partial charge on any atom is -0.495 e. The van der Waals surface area contributed by atoms with Gasteiger partial charge < -0.3 is 4.74 Å². The summed E-state index contributed by atoms with van der Waals surface area (Å²) in [7, 11) is 1.33. The fourth-order valence-corrected chi connectivity index (χ4v) is 1.16. The summed E-state index contributed by atoms with van der Waals surface area (Å²) in [5.74, 6) is -0.827. The van der Waals surface area contributed by atoms with Gasteiger partial charge in [-0.1, -0.05) is 0 Å². The van der Waals surface area contributed by atoms with E-state index in [1.54, 1.807) is 6.07 Å². The highest BCUT2D eigenvalue weighted by Crippen LogP contribution is 2.25. The van der Waals surface area contributed by atoms with Gasteiger partial charge in [0.25, 0.3) is 0 Å². The van der Waals surface area contributed by atoms with Crippen molar-refractivity contribution < 1.29 is 13.9 Å². The van der Waals surface area contributed by atoms with E-state index in [1.165, 1.54) is 14.0 Å². The third-order valence-corrected chi connectivity index (χ3v) is 1.76. The molecule has 0 fully saturated rings. The molecule has 0 bridgehead atoms. The zero-order valence-electron chi connectivity index (χ0n) is 7.80. The van der Waals surface area contributed by atoms with Crippen LogP contribution in [0.25, 0.3) is 0 Å². The van der Waals surface area contributed by atoms with Crippen LogP contribution in [-0.2, 0) is 0 Å². The lowest BCUT2D eigenvalue weighted by Gasteiger charge is -2.07. The van der Waals surface area contributed by atoms with Crippen LogP contribution >= 0.6 is 0 Å². The van der Waals surface area contributed by atoms with Crippen LogP contribution in [0.1, 0.15) is 22.8 Å². The molecule has 0 amide bonds. The zero-order valence-corrected chi connectivity index (χ0v) is 7.80. The number of methoxy groups -OCH3 is 1. The average Bonchev–Trinajstić information content (AvgIpc) is 2.16. The lowest BCUT2D eigenvalue weighted by Crippen LogP contribution is -2.01. The number of benzene rings is 1. The first-order chi connectivity index (χ1) is 6.60. The number of ether oxygens (including phenoxy) is 1. The van der Waals surface area contributed by atoms with Gasteiger partial charge in [-0.15, -0.1) is 0 Å². The lowest BCUT2D eigenvalue weighted by atomic mass is 10.1. The van der Waals surface area contributed by atoms with Gasteiger partial charge in [-0.3, -0.25) is 4.79 Å². The van der Waals surface area contributed by atoms with Crippen molar-refractivity contribution in [1.82, 2.24) is 0 Å². The van der Waals surface area contributed by atoms with E-state index in [0.29, 0.717) is 0 Å². The van der Waals surface area contributed by atoms with E-state index in [4.69, 9.17) is 10.00 Å². The van der Waals surface area contributed by atoms with Crippen molar-refractivity contribution in [1.29, 1.82) is 5.26 Å². The highest BCUT2D eigenvalue weighted by Gasteiger charge is 2.14. The highest BCUT2D eigenvalue weighted by atomic mass is 19.1. The molecule has 0 saturated heterocycles. The summed E-state index contributed by atoms with van der Waals surface area (Å²) in [4.78, 5) is 11.1. The fraction of sp³-hybridized carbons (Fsp3) is 0.200. The van der Waals surface area contributed by atoms with Gasteiger partial charge in [-0.25, -0.2) is 4.39 Å². The second-order valence-electron chi connectivity index (χ2n) is 2.70. The van der Waals surface area contributed by atoms with Crippen molar-refractivity contribution in [3.63, 3.8) is 0 Å². The number of nitriles is 1. The van der Waals surface area contributed by atoms with Crippen LogP contribution in [0.4, 0.5) is 4.39 Å². The van der Waals surface area contributed by atoms with Crippen molar-refractivity contribution in [2.24, 2.45) is 0 Å². The number of carbonyl (C=O) groups excluding carboxylic acids is 1. The molecule has 0 unspecified atom stereocenters. The second-order valence-corrected chi connectivity index (χ2v) is 2.70. The third-order valence-electron chi connectivity index (χ3n) is 1.76. The summed E-state index contributed by atoms with van der Waals surface area (Å²) < 4.78 is 17.8. The highest BCUT2D eigenvalue weighted by molar-refractivity contribution is 5.97. The molecule has 0 aliphatic heterocycles. The first-order valence-corrected chi connectivity index (χ1v) is 3.88. The standard InChI is InChI=1S/C10H8FNO2/c1-6(13)9-4-8(11)3-7(5-12)10(9)14-2/h3-4H,1-2H3. The number of nitrogens with zero attached hydrogens (tertiary/aromatic N) is 1. The van der Waals surface area contributed by atoms with Gasteiger partial charge in [-0.2, -0.15) is 5.26 Å². The van der Waals surface area contributed by atoms with Crippen LogP contribution in [0.2, 0.25) is 0 Å². The molecule has 0 heterocycles. The Bertz CT molecular complexity index is 421. The van der Waals surface area contributed by atoms with Gasteiger partial charge in [-0.05, 0) is 19.1 Å². The second kappa shape index (κ2) is 3.88. The van der Waals surface area contributed by atoms with Crippen molar-refractivity contribution in [2.75, 3.05) is 7.11 Å².